The van der Waals surface area contributed by atoms with Crippen molar-refractivity contribution in [3.05, 3.63) is 206 Å². The molecule has 0 bridgehead atoms. The average molecular weight is 771 g/mol. The lowest BCUT2D eigenvalue weighted by molar-refractivity contribution is 1.16. The molecule has 2 aromatic heterocycles. The number of fused-ring (bicyclic) bond motifs is 8. The van der Waals surface area contributed by atoms with Crippen LogP contribution in [0.15, 0.2) is 216 Å². The van der Waals surface area contributed by atoms with Gasteiger partial charge in [-0.15, -0.1) is 0 Å². The zero-order valence-electron chi connectivity index (χ0n) is 31.8. The van der Waals surface area contributed by atoms with E-state index in [0.29, 0.717) is 5.82 Å². The maximum absolute atomic E-state index is 5.23. The summed E-state index contributed by atoms with van der Waals surface area (Å²) in [5.74, 6) is 0.702. The van der Waals surface area contributed by atoms with Gasteiger partial charge < -0.3 is 9.47 Å². The Bertz CT molecular complexity index is 3430. The van der Waals surface area contributed by atoms with E-state index in [4.69, 9.17) is 9.97 Å². The van der Waals surface area contributed by atoms with E-state index < -0.39 is 0 Å². The molecule has 0 saturated carbocycles. The van der Waals surface area contributed by atoms with E-state index in [0.717, 1.165) is 55.7 Å². The van der Waals surface area contributed by atoms with E-state index in [1.807, 2.05) is 23.9 Å². The fourth-order valence-corrected chi connectivity index (χ4v) is 9.88. The van der Waals surface area contributed by atoms with Crippen molar-refractivity contribution in [3.63, 3.8) is 0 Å². The maximum atomic E-state index is 5.23. The van der Waals surface area contributed by atoms with Gasteiger partial charge in [-0.3, -0.25) is 0 Å². The van der Waals surface area contributed by atoms with Crippen LogP contribution in [0.2, 0.25) is 0 Å². The number of para-hydroxylation sites is 3. The lowest BCUT2D eigenvalue weighted by Gasteiger charge is -2.33. The van der Waals surface area contributed by atoms with Crippen LogP contribution in [-0.4, -0.2) is 14.5 Å². The van der Waals surface area contributed by atoms with Gasteiger partial charge >= 0.3 is 0 Å². The highest BCUT2D eigenvalue weighted by atomic mass is 32.2. The van der Waals surface area contributed by atoms with Gasteiger partial charge in [0.2, 0.25) is 0 Å². The number of rotatable bonds is 5. The van der Waals surface area contributed by atoms with Crippen LogP contribution in [0.5, 0.6) is 0 Å². The van der Waals surface area contributed by atoms with Gasteiger partial charge in [0, 0.05) is 48.5 Å². The zero-order valence-corrected chi connectivity index (χ0v) is 32.6. The van der Waals surface area contributed by atoms with E-state index in [9.17, 15) is 0 Å². The van der Waals surface area contributed by atoms with Crippen molar-refractivity contribution >= 4 is 72.3 Å². The van der Waals surface area contributed by atoms with Crippen molar-refractivity contribution in [3.8, 4) is 39.5 Å². The third kappa shape index (κ3) is 5.54. The summed E-state index contributed by atoms with van der Waals surface area (Å²) in [5.41, 5.74) is 13.1. The maximum Gasteiger partial charge on any atom is 0.160 e. The molecule has 1 aliphatic heterocycles. The standard InChI is InChI=1S/C54H34N4S/c1-3-15-36(16-4-1)53-43-22-9-10-23-45(43)55-54(56-53)39-17-13-20-41(32-39)58-47-30-27-35-14-7-8-21-42(35)52(47)44-29-26-37(33-48(44)58)38-28-31-51-49(34-38)57(40-18-5-2-6-19-40)46-24-11-12-25-50(46)59-51/h1-34H. The summed E-state index contributed by atoms with van der Waals surface area (Å²) in [7, 11) is 0. The third-order valence-electron chi connectivity index (χ3n) is 11.5. The van der Waals surface area contributed by atoms with Gasteiger partial charge in [-0.2, -0.15) is 0 Å². The van der Waals surface area contributed by atoms with Gasteiger partial charge in [0.1, 0.15) is 0 Å². The SMILES string of the molecule is c1ccc(-c2nc(-c3cccc(-n4c5cc(-c6ccc7c(c6)N(c6ccccc6)c6ccccc6S7)ccc5c5c6ccccc6ccc54)c3)nc3ccccc23)cc1. The first-order chi connectivity index (χ1) is 29.2. The molecule has 0 amide bonds. The number of hydrogen-bond donors (Lipinski definition) is 0. The van der Waals surface area contributed by atoms with Crippen LogP contribution in [-0.2, 0) is 0 Å². The lowest BCUT2D eigenvalue weighted by Crippen LogP contribution is -2.14. The van der Waals surface area contributed by atoms with E-state index in [-0.39, 0.29) is 0 Å². The van der Waals surface area contributed by atoms with Crippen molar-refractivity contribution in [1.82, 2.24) is 14.5 Å². The van der Waals surface area contributed by atoms with Crippen molar-refractivity contribution in [1.29, 1.82) is 0 Å². The Morgan fingerprint density at radius 3 is 1.98 bits per heavy atom. The fraction of sp³-hybridized carbons (Fsp3) is 0. The van der Waals surface area contributed by atoms with E-state index in [1.54, 1.807) is 0 Å². The van der Waals surface area contributed by atoms with Crippen LogP contribution in [0, 0.1) is 0 Å². The summed E-state index contributed by atoms with van der Waals surface area (Å²) < 4.78 is 2.42. The van der Waals surface area contributed by atoms with Gasteiger partial charge in [-0.05, 0) is 88.6 Å². The molecule has 5 heteroatoms. The molecule has 4 nitrogen and oxygen atoms in total. The molecule has 3 heterocycles. The first kappa shape index (κ1) is 33.6. The minimum absolute atomic E-state index is 0.702. The number of benzene rings is 9. The predicted octanol–water partition coefficient (Wildman–Crippen LogP) is 14.8. The monoisotopic (exact) mass is 770 g/mol. The second-order valence-corrected chi connectivity index (χ2v) is 16.1. The Morgan fingerprint density at radius 1 is 0.390 bits per heavy atom. The molecule has 0 spiro atoms. The van der Waals surface area contributed by atoms with Crippen LogP contribution >= 0.6 is 11.8 Å². The van der Waals surface area contributed by atoms with Crippen molar-refractivity contribution in [2.75, 3.05) is 4.90 Å². The van der Waals surface area contributed by atoms with Gasteiger partial charge in [0.25, 0.3) is 0 Å². The molecule has 59 heavy (non-hydrogen) atoms. The molecule has 11 aromatic rings. The molecular weight excluding hydrogens is 737 g/mol. The molecule has 12 rings (SSSR count). The Hall–Kier alpha value is -7.47. The molecule has 0 N–H and O–H groups in total. The second kappa shape index (κ2) is 13.6. The molecule has 0 atom stereocenters. The fourth-order valence-electron chi connectivity index (χ4n) is 8.84. The van der Waals surface area contributed by atoms with Crippen molar-refractivity contribution in [2.45, 2.75) is 9.79 Å². The van der Waals surface area contributed by atoms with Gasteiger partial charge in [-0.25, -0.2) is 9.97 Å². The minimum atomic E-state index is 0.702. The topological polar surface area (TPSA) is 34.0 Å². The lowest BCUT2D eigenvalue weighted by atomic mass is 10.00. The quantitative estimate of drug-likeness (QED) is 0.175. The van der Waals surface area contributed by atoms with Crippen LogP contribution in [0.3, 0.4) is 0 Å². The Kier molecular flexibility index (Phi) is 7.75. The van der Waals surface area contributed by atoms with Crippen molar-refractivity contribution < 1.29 is 0 Å². The highest BCUT2D eigenvalue weighted by Gasteiger charge is 2.25. The predicted molar refractivity (Wildman–Crippen MR) is 246 cm³/mol. The van der Waals surface area contributed by atoms with Gasteiger partial charge in [0.15, 0.2) is 5.82 Å². The smallest absolute Gasteiger partial charge is 0.160 e. The molecule has 276 valence electrons. The van der Waals surface area contributed by atoms with E-state index >= 15 is 0 Å². The normalized spacial score (nSPS) is 12.3. The molecule has 0 aliphatic carbocycles. The number of anilines is 3. The largest absolute Gasteiger partial charge is 0.309 e. The molecule has 0 radical (unpaired) electrons. The first-order valence-electron chi connectivity index (χ1n) is 19.9. The third-order valence-corrected chi connectivity index (χ3v) is 12.7. The summed E-state index contributed by atoms with van der Waals surface area (Å²) >= 11 is 1.83. The Balaban J connectivity index is 1.05. The van der Waals surface area contributed by atoms with Gasteiger partial charge in [0.05, 0.1) is 33.6 Å². The minimum Gasteiger partial charge on any atom is -0.309 e. The van der Waals surface area contributed by atoms with Gasteiger partial charge in [-0.1, -0.05) is 151 Å². The number of nitrogens with zero attached hydrogens (tertiary/aromatic N) is 4. The summed E-state index contributed by atoms with van der Waals surface area (Å²) in [6, 6.07) is 73.9. The summed E-state index contributed by atoms with van der Waals surface area (Å²) in [5, 5.41) is 5.97. The molecule has 0 fully saturated rings. The van der Waals surface area contributed by atoms with E-state index in [1.165, 1.54) is 48.3 Å². The van der Waals surface area contributed by atoms with Crippen LogP contribution < -0.4 is 4.90 Å². The molecule has 0 unspecified atom stereocenters. The molecule has 9 aromatic carbocycles. The summed E-state index contributed by atoms with van der Waals surface area (Å²) in [6.07, 6.45) is 0. The Labute approximate surface area is 345 Å². The van der Waals surface area contributed by atoms with Crippen LogP contribution in [0.1, 0.15) is 0 Å². The zero-order chi connectivity index (χ0) is 38.9. The van der Waals surface area contributed by atoms with Crippen LogP contribution in [0.4, 0.5) is 17.1 Å². The highest BCUT2D eigenvalue weighted by Crippen LogP contribution is 2.52. The number of aromatic nitrogens is 3. The molecule has 1 aliphatic rings. The highest BCUT2D eigenvalue weighted by molar-refractivity contribution is 7.99. The summed E-state index contributed by atoms with van der Waals surface area (Å²) in [6.45, 7) is 0. The molecular formula is C54H34N4S. The molecule has 0 saturated heterocycles. The Morgan fingerprint density at radius 2 is 1.08 bits per heavy atom. The number of hydrogen-bond acceptors (Lipinski definition) is 4. The first-order valence-corrected chi connectivity index (χ1v) is 20.7. The van der Waals surface area contributed by atoms with Crippen molar-refractivity contribution in [2.24, 2.45) is 0 Å². The average Bonchev–Trinajstić information content (AvgIpc) is 3.65. The second-order valence-electron chi connectivity index (χ2n) is 15.0. The van der Waals surface area contributed by atoms with Crippen LogP contribution in [0.25, 0.3) is 82.9 Å². The summed E-state index contributed by atoms with van der Waals surface area (Å²) in [4.78, 5) is 15.2. The van der Waals surface area contributed by atoms with E-state index in [2.05, 4.69) is 204 Å².